The Labute approximate surface area is 128 Å². The van der Waals surface area contributed by atoms with Gasteiger partial charge in [0.15, 0.2) is 0 Å². The average molecular weight is 362 g/mol. The van der Waals surface area contributed by atoms with Gasteiger partial charge in [0.2, 0.25) is 10.0 Å². The van der Waals surface area contributed by atoms with Crippen LogP contribution in [0.1, 0.15) is 5.56 Å². The van der Waals surface area contributed by atoms with Crippen LogP contribution < -0.4 is 10.0 Å². The lowest BCUT2D eigenvalue weighted by molar-refractivity contribution is 0.245. The second-order valence-corrected chi connectivity index (χ2v) is 7.51. The molecule has 0 bridgehead atoms. The van der Waals surface area contributed by atoms with E-state index in [0.29, 0.717) is 15.9 Å². The van der Waals surface area contributed by atoms with E-state index in [9.17, 15) is 8.42 Å². The van der Waals surface area contributed by atoms with Crippen molar-refractivity contribution in [3.05, 3.63) is 28.2 Å². The van der Waals surface area contributed by atoms with Crippen molar-refractivity contribution in [3.63, 3.8) is 0 Å². The lowest BCUT2D eigenvalue weighted by Gasteiger charge is -2.27. The van der Waals surface area contributed by atoms with E-state index >= 15 is 0 Å². The van der Waals surface area contributed by atoms with Crippen LogP contribution in [0.5, 0.6) is 0 Å². The van der Waals surface area contributed by atoms with E-state index < -0.39 is 10.0 Å². The van der Waals surface area contributed by atoms with Gasteiger partial charge in [0.1, 0.15) is 0 Å². The Bertz CT molecular complexity index is 557. The molecule has 1 aromatic carbocycles. The van der Waals surface area contributed by atoms with Gasteiger partial charge in [-0.25, -0.2) is 13.1 Å². The van der Waals surface area contributed by atoms with Gasteiger partial charge in [-0.2, -0.15) is 0 Å². The van der Waals surface area contributed by atoms with Gasteiger partial charge in [-0.05, 0) is 40.5 Å². The standard InChI is InChI=1S/C13H20BrN3O2S/c1-11-2-3-12(14)13(10-11)20(18,19)16-6-9-17-7-4-15-5-8-17/h2-3,10,15-16H,4-9H2,1H3. The van der Waals surface area contributed by atoms with E-state index in [1.807, 2.05) is 13.0 Å². The third-order valence-electron chi connectivity index (χ3n) is 3.31. The molecule has 112 valence electrons. The molecule has 1 heterocycles. The molecule has 7 heteroatoms. The fourth-order valence-corrected chi connectivity index (χ4v) is 4.23. The van der Waals surface area contributed by atoms with Crippen LogP contribution in [0.25, 0.3) is 0 Å². The van der Waals surface area contributed by atoms with Crippen LogP contribution in [0, 0.1) is 6.92 Å². The Morgan fingerprint density at radius 1 is 1.35 bits per heavy atom. The van der Waals surface area contributed by atoms with E-state index in [0.717, 1.165) is 38.3 Å². The third kappa shape index (κ3) is 4.26. The molecule has 0 unspecified atom stereocenters. The molecule has 2 N–H and O–H groups in total. The first kappa shape index (κ1) is 15.9. The number of halogens is 1. The summed E-state index contributed by atoms with van der Waals surface area (Å²) in [6.07, 6.45) is 0. The molecule has 0 spiro atoms. The molecule has 0 radical (unpaired) electrons. The summed E-state index contributed by atoms with van der Waals surface area (Å²) in [4.78, 5) is 2.56. The van der Waals surface area contributed by atoms with Crippen molar-refractivity contribution < 1.29 is 8.42 Å². The molecule has 1 aromatic rings. The van der Waals surface area contributed by atoms with Crippen molar-refractivity contribution in [1.82, 2.24) is 14.9 Å². The number of sulfonamides is 1. The van der Waals surface area contributed by atoms with Crippen LogP contribution in [-0.4, -0.2) is 52.6 Å². The second kappa shape index (κ2) is 7.00. The third-order valence-corrected chi connectivity index (χ3v) is 5.76. The zero-order chi connectivity index (χ0) is 14.6. The maximum Gasteiger partial charge on any atom is 0.241 e. The summed E-state index contributed by atoms with van der Waals surface area (Å²) >= 11 is 3.30. The highest BCUT2D eigenvalue weighted by molar-refractivity contribution is 9.10. The molecular weight excluding hydrogens is 342 g/mol. The number of hydrogen-bond donors (Lipinski definition) is 2. The molecule has 2 rings (SSSR count). The minimum Gasteiger partial charge on any atom is -0.314 e. The van der Waals surface area contributed by atoms with E-state index in [1.165, 1.54) is 0 Å². The van der Waals surface area contributed by atoms with Gasteiger partial charge in [-0.1, -0.05) is 6.07 Å². The van der Waals surface area contributed by atoms with E-state index in [-0.39, 0.29) is 0 Å². The van der Waals surface area contributed by atoms with Gasteiger partial charge in [0, 0.05) is 43.7 Å². The summed E-state index contributed by atoms with van der Waals surface area (Å²) < 4.78 is 27.8. The van der Waals surface area contributed by atoms with Crippen LogP contribution in [0.2, 0.25) is 0 Å². The molecule has 1 saturated heterocycles. The second-order valence-electron chi connectivity index (χ2n) is 4.92. The van der Waals surface area contributed by atoms with Crippen molar-refractivity contribution >= 4 is 26.0 Å². The monoisotopic (exact) mass is 361 g/mol. The number of benzene rings is 1. The largest absolute Gasteiger partial charge is 0.314 e. The van der Waals surface area contributed by atoms with Gasteiger partial charge in [0.25, 0.3) is 0 Å². The van der Waals surface area contributed by atoms with Gasteiger partial charge in [0.05, 0.1) is 4.90 Å². The Kier molecular flexibility index (Phi) is 5.57. The number of hydrogen-bond acceptors (Lipinski definition) is 4. The summed E-state index contributed by atoms with van der Waals surface area (Å²) in [6.45, 7) is 6.93. The quantitative estimate of drug-likeness (QED) is 0.819. The average Bonchev–Trinajstić information content (AvgIpc) is 2.42. The Morgan fingerprint density at radius 2 is 2.05 bits per heavy atom. The molecule has 1 aliphatic rings. The van der Waals surface area contributed by atoms with Crippen molar-refractivity contribution in [1.29, 1.82) is 0 Å². The number of nitrogens with one attached hydrogen (secondary N) is 2. The zero-order valence-corrected chi connectivity index (χ0v) is 13.9. The highest BCUT2D eigenvalue weighted by atomic mass is 79.9. The predicted octanol–water partition coefficient (Wildman–Crippen LogP) is 0.941. The van der Waals surface area contributed by atoms with Crippen LogP contribution in [-0.2, 0) is 10.0 Å². The summed E-state index contributed by atoms with van der Waals surface area (Å²) in [5, 5.41) is 3.27. The zero-order valence-electron chi connectivity index (χ0n) is 11.5. The molecule has 20 heavy (non-hydrogen) atoms. The topological polar surface area (TPSA) is 61.4 Å². The molecule has 0 aliphatic carbocycles. The lowest BCUT2D eigenvalue weighted by Crippen LogP contribution is -2.46. The van der Waals surface area contributed by atoms with Crippen molar-refractivity contribution in [2.75, 3.05) is 39.3 Å². The fourth-order valence-electron chi connectivity index (χ4n) is 2.17. The van der Waals surface area contributed by atoms with Gasteiger partial charge in [-0.3, -0.25) is 4.90 Å². The van der Waals surface area contributed by atoms with Crippen LogP contribution in [0.4, 0.5) is 0 Å². The Morgan fingerprint density at radius 3 is 2.75 bits per heavy atom. The van der Waals surface area contributed by atoms with E-state index in [2.05, 4.69) is 30.9 Å². The molecule has 1 fully saturated rings. The molecular formula is C13H20BrN3O2S. The minimum absolute atomic E-state index is 0.304. The number of piperazine rings is 1. The summed E-state index contributed by atoms with van der Waals surface area (Å²) in [7, 11) is -3.45. The Hall–Kier alpha value is -0.470. The molecule has 0 aromatic heterocycles. The van der Waals surface area contributed by atoms with Gasteiger partial charge < -0.3 is 5.32 Å². The van der Waals surface area contributed by atoms with Gasteiger partial charge >= 0.3 is 0 Å². The maximum atomic E-state index is 12.3. The van der Waals surface area contributed by atoms with Crippen molar-refractivity contribution in [2.45, 2.75) is 11.8 Å². The van der Waals surface area contributed by atoms with Crippen molar-refractivity contribution in [2.24, 2.45) is 0 Å². The number of nitrogens with zero attached hydrogens (tertiary/aromatic N) is 1. The van der Waals surface area contributed by atoms with Crippen molar-refractivity contribution in [3.8, 4) is 0 Å². The summed E-state index contributed by atoms with van der Waals surface area (Å²) in [5.74, 6) is 0. The first-order chi connectivity index (χ1) is 9.49. The van der Waals surface area contributed by atoms with Crippen LogP contribution >= 0.6 is 15.9 Å². The highest BCUT2D eigenvalue weighted by Gasteiger charge is 2.18. The maximum absolute atomic E-state index is 12.3. The Balaban J connectivity index is 1.95. The number of rotatable bonds is 5. The van der Waals surface area contributed by atoms with E-state index in [1.54, 1.807) is 12.1 Å². The normalized spacial score (nSPS) is 17.3. The van der Waals surface area contributed by atoms with Crippen LogP contribution in [0.3, 0.4) is 0 Å². The summed E-state index contributed by atoms with van der Waals surface area (Å²) in [5.41, 5.74) is 0.927. The van der Waals surface area contributed by atoms with Gasteiger partial charge in [-0.15, -0.1) is 0 Å². The fraction of sp³-hybridized carbons (Fsp3) is 0.538. The SMILES string of the molecule is Cc1ccc(Br)c(S(=O)(=O)NCCN2CCNCC2)c1. The minimum atomic E-state index is -3.45. The molecule has 0 amide bonds. The molecule has 0 saturated carbocycles. The first-order valence-corrected chi connectivity index (χ1v) is 8.95. The number of aryl methyl sites for hydroxylation is 1. The predicted molar refractivity (Wildman–Crippen MR) is 83.4 cm³/mol. The molecule has 0 atom stereocenters. The summed E-state index contributed by atoms with van der Waals surface area (Å²) in [6, 6.07) is 5.32. The van der Waals surface area contributed by atoms with E-state index in [4.69, 9.17) is 0 Å². The smallest absolute Gasteiger partial charge is 0.241 e. The van der Waals surface area contributed by atoms with Crippen LogP contribution in [0.15, 0.2) is 27.6 Å². The lowest BCUT2D eigenvalue weighted by atomic mass is 10.2. The first-order valence-electron chi connectivity index (χ1n) is 6.68. The highest BCUT2D eigenvalue weighted by Crippen LogP contribution is 2.22. The molecule has 5 nitrogen and oxygen atoms in total. The molecule has 1 aliphatic heterocycles.